The third-order valence-electron chi connectivity index (χ3n) is 3.91. The lowest BCUT2D eigenvalue weighted by Gasteiger charge is -2.17. The molecule has 2 aromatic rings. The Morgan fingerprint density at radius 3 is 2.16 bits per heavy atom. The molecule has 2 aromatic carbocycles. The highest BCUT2D eigenvalue weighted by molar-refractivity contribution is 6.05. The van der Waals surface area contributed by atoms with Crippen LogP contribution in [0.5, 0.6) is 0 Å². The van der Waals surface area contributed by atoms with Gasteiger partial charge in [-0.15, -0.1) is 0 Å². The molecule has 0 atom stereocenters. The van der Waals surface area contributed by atoms with Gasteiger partial charge in [-0.1, -0.05) is 72.8 Å². The molecule has 0 bridgehead atoms. The van der Waals surface area contributed by atoms with Gasteiger partial charge in [-0.3, -0.25) is 0 Å². The summed E-state index contributed by atoms with van der Waals surface area (Å²) in [6, 6.07) is 17.3. The lowest BCUT2D eigenvalue weighted by Crippen LogP contribution is -1.95. The molecule has 0 unspecified atom stereocenters. The van der Waals surface area contributed by atoms with Crippen LogP contribution in [-0.2, 0) is 0 Å². The van der Waals surface area contributed by atoms with Crippen LogP contribution in [0.15, 0.2) is 60.7 Å². The van der Waals surface area contributed by atoms with Gasteiger partial charge in [0.2, 0.25) is 0 Å². The highest BCUT2D eigenvalue weighted by Crippen LogP contribution is 2.39. The Hall–Kier alpha value is -2.34. The number of benzene rings is 2. The minimum absolute atomic E-state index is 1.02. The van der Waals surface area contributed by atoms with Crippen LogP contribution in [0.4, 0.5) is 0 Å². The lowest BCUT2D eigenvalue weighted by molar-refractivity contribution is 1.36. The van der Waals surface area contributed by atoms with E-state index in [1.54, 1.807) is 0 Å². The molecule has 0 radical (unpaired) electrons. The van der Waals surface area contributed by atoms with Gasteiger partial charge in [0.05, 0.1) is 0 Å². The summed E-state index contributed by atoms with van der Waals surface area (Å²) >= 11 is 0. The van der Waals surface area contributed by atoms with Gasteiger partial charge in [-0.05, 0) is 39.8 Å². The highest BCUT2D eigenvalue weighted by atomic mass is 14.2. The molecule has 4 rings (SSSR count). The van der Waals surface area contributed by atoms with Gasteiger partial charge in [-0.25, -0.2) is 0 Å². The van der Waals surface area contributed by atoms with Gasteiger partial charge >= 0.3 is 0 Å². The second-order valence-corrected chi connectivity index (χ2v) is 5.01. The van der Waals surface area contributed by atoms with Crippen LogP contribution < -0.4 is 0 Å². The molecule has 0 fully saturated rings. The van der Waals surface area contributed by atoms with Gasteiger partial charge in [0.1, 0.15) is 0 Å². The fraction of sp³-hybridized carbons (Fsp3) is 0.0526. The third kappa shape index (κ3) is 1.61. The molecule has 0 heteroatoms. The SMILES string of the molecule is C1=Cc2ccccc2/C(=C2\C=Cc3ccccc32)C1. The van der Waals surface area contributed by atoms with E-state index in [1.807, 2.05) is 0 Å². The van der Waals surface area contributed by atoms with Crippen molar-refractivity contribution >= 4 is 23.3 Å². The van der Waals surface area contributed by atoms with E-state index in [1.165, 1.54) is 33.4 Å². The van der Waals surface area contributed by atoms with E-state index in [0.29, 0.717) is 0 Å². The van der Waals surface area contributed by atoms with Gasteiger partial charge in [0, 0.05) is 0 Å². The molecule has 0 aromatic heterocycles. The molecule has 0 N–H and O–H groups in total. The van der Waals surface area contributed by atoms with Crippen molar-refractivity contribution < 1.29 is 0 Å². The molecule has 0 spiro atoms. The highest BCUT2D eigenvalue weighted by Gasteiger charge is 2.17. The summed E-state index contributed by atoms with van der Waals surface area (Å²) in [5, 5.41) is 0. The van der Waals surface area contributed by atoms with Crippen molar-refractivity contribution in [1.29, 1.82) is 0 Å². The predicted molar refractivity (Wildman–Crippen MR) is 82.4 cm³/mol. The van der Waals surface area contributed by atoms with E-state index < -0.39 is 0 Å². The maximum Gasteiger partial charge on any atom is -0.00818 e. The van der Waals surface area contributed by atoms with E-state index in [-0.39, 0.29) is 0 Å². The zero-order valence-corrected chi connectivity index (χ0v) is 10.6. The molecule has 2 aliphatic rings. The van der Waals surface area contributed by atoms with Crippen LogP contribution in [0.3, 0.4) is 0 Å². The van der Waals surface area contributed by atoms with Crippen molar-refractivity contribution in [3.63, 3.8) is 0 Å². The monoisotopic (exact) mass is 242 g/mol. The van der Waals surface area contributed by atoms with Gasteiger partial charge in [0.25, 0.3) is 0 Å². The molecule has 19 heavy (non-hydrogen) atoms. The van der Waals surface area contributed by atoms with E-state index >= 15 is 0 Å². The molecule has 0 saturated carbocycles. The Morgan fingerprint density at radius 1 is 0.632 bits per heavy atom. The normalized spacial score (nSPS) is 19.4. The first-order chi connectivity index (χ1) is 9.43. The number of allylic oxidation sites excluding steroid dienone is 4. The van der Waals surface area contributed by atoms with Crippen molar-refractivity contribution in [2.24, 2.45) is 0 Å². The number of fused-ring (bicyclic) bond motifs is 2. The molecule has 0 amide bonds. The van der Waals surface area contributed by atoms with Crippen molar-refractivity contribution in [3.05, 3.63) is 82.9 Å². The third-order valence-corrected chi connectivity index (χ3v) is 3.91. The Morgan fingerprint density at radius 2 is 1.32 bits per heavy atom. The molecular formula is C19H14. The van der Waals surface area contributed by atoms with Crippen LogP contribution >= 0.6 is 0 Å². The minimum Gasteiger partial charge on any atom is -0.0795 e. The van der Waals surface area contributed by atoms with E-state index in [0.717, 1.165) is 6.42 Å². The molecule has 0 nitrogen and oxygen atoms in total. The van der Waals surface area contributed by atoms with Crippen molar-refractivity contribution in [3.8, 4) is 0 Å². The zero-order valence-electron chi connectivity index (χ0n) is 10.6. The predicted octanol–water partition coefficient (Wildman–Crippen LogP) is 5.04. The van der Waals surface area contributed by atoms with Crippen LogP contribution in [0.25, 0.3) is 23.3 Å². The molecule has 2 aliphatic carbocycles. The van der Waals surface area contributed by atoms with Crippen molar-refractivity contribution in [2.75, 3.05) is 0 Å². The second kappa shape index (κ2) is 4.10. The maximum absolute atomic E-state index is 2.26. The maximum atomic E-state index is 2.26. The molecule has 0 saturated heterocycles. The van der Waals surface area contributed by atoms with Crippen LogP contribution in [0.2, 0.25) is 0 Å². The molecule has 0 heterocycles. The van der Waals surface area contributed by atoms with Gasteiger partial charge < -0.3 is 0 Å². The van der Waals surface area contributed by atoms with Crippen LogP contribution in [-0.4, -0.2) is 0 Å². The average Bonchev–Trinajstić information content (AvgIpc) is 2.90. The molecular weight excluding hydrogens is 228 g/mol. The van der Waals surface area contributed by atoms with Crippen LogP contribution in [0, 0.1) is 0 Å². The first-order valence-corrected chi connectivity index (χ1v) is 6.70. The average molecular weight is 242 g/mol. The standard InChI is InChI=1S/C19H14/c1-3-9-16-14(6-1)8-5-11-18(16)19-13-12-15-7-2-4-10-17(15)19/h1-10,12-13H,11H2/b19-18+. The van der Waals surface area contributed by atoms with Gasteiger partial charge in [-0.2, -0.15) is 0 Å². The summed E-state index contributed by atoms with van der Waals surface area (Å²) in [4.78, 5) is 0. The lowest BCUT2D eigenvalue weighted by atomic mass is 9.87. The van der Waals surface area contributed by atoms with Crippen molar-refractivity contribution in [2.45, 2.75) is 6.42 Å². The number of rotatable bonds is 0. The topological polar surface area (TPSA) is 0 Å². The Bertz CT molecular complexity index is 742. The summed E-state index contributed by atoms with van der Waals surface area (Å²) in [7, 11) is 0. The summed E-state index contributed by atoms with van der Waals surface area (Å²) in [5.41, 5.74) is 8.22. The van der Waals surface area contributed by atoms with Crippen LogP contribution in [0.1, 0.15) is 28.7 Å². The minimum atomic E-state index is 1.02. The Labute approximate surface area is 113 Å². The fourth-order valence-corrected chi connectivity index (χ4v) is 3.00. The Kier molecular flexibility index (Phi) is 2.28. The van der Waals surface area contributed by atoms with Gasteiger partial charge in [0.15, 0.2) is 0 Å². The zero-order chi connectivity index (χ0) is 12.7. The summed E-state index contributed by atoms with van der Waals surface area (Å²) < 4.78 is 0. The second-order valence-electron chi connectivity index (χ2n) is 5.01. The summed E-state index contributed by atoms with van der Waals surface area (Å²) in [6.07, 6.45) is 9.99. The molecule has 0 aliphatic heterocycles. The smallest absolute Gasteiger partial charge is 0.00818 e. The summed E-state index contributed by atoms with van der Waals surface area (Å²) in [5.74, 6) is 0. The largest absolute Gasteiger partial charge is 0.0795 e. The van der Waals surface area contributed by atoms with E-state index in [2.05, 4.69) is 72.8 Å². The van der Waals surface area contributed by atoms with E-state index in [9.17, 15) is 0 Å². The fourth-order valence-electron chi connectivity index (χ4n) is 3.00. The summed E-state index contributed by atoms with van der Waals surface area (Å²) in [6.45, 7) is 0. The first kappa shape index (κ1) is 10.6. The van der Waals surface area contributed by atoms with E-state index in [4.69, 9.17) is 0 Å². The quantitative estimate of drug-likeness (QED) is 0.607. The first-order valence-electron chi connectivity index (χ1n) is 6.70. The van der Waals surface area contributed by atoms with Crippen molar-refractivity contribution in [1.82, 2.24) is 0 Å². The number of hydrogen-bond acceptors (Lipinski definition) is 0. The molecule has 90 valence electrons. The number of hydrogen-bond donors (Lipinski definition) is 0. The Balaban J connectivity index is 1.98.